The summed E-state index contributed by atoms with van der Waals surface area (Å²) in [6.07, 6.45) is 1.72. The summed E-state index contributed by atoms with van der Waals surface area (Å²) in [7, 11) is 0. The number of halogens is 1. The minimum Gasteiger partial charge on any atom is -0.352 e. The fourth-order valence-corrected chi connectivity index (χ4v) is 3.00. The molecular weight excluding hydrogens is 347 g/mol. The van der Waals surface area contributed by atoms with Crippen LogP contribution in [0.5, 0.6) is 0 Å². The molecule has 27 heavy (non-hydrogen) atoms. The summed E-state index contributed by atoms with van der Waals surface area (Å²) < 4.78 is 13.4. The predicted octanol–water partition coefficient (Wildman–Crippen LogP) is 2.71. The summed E-state index contributed by atoms with van der Waals surface area (Å²) in [6, 6.07) is 9.70. The van der Waals surface area contributed by atoms with E-state index in [1.54, 1.807) is 18.2 Å². The van der Waals surface area contributed by atoms with Gasteiger partial charge in [0.15, 0.2) is 5.82 Å². The van der Waals surface area contributed by atoms with E-state index in [0.29, 0.717) is 41.2 Å². The number of rotatable bonds is 6. The zero-order valence-electron chi connectivity index (χ0n) is 14.6. The Balaban J connectivity index is 1.66. The van der Waals surface area contributed by atoms with Crippen LogP contribution in [-0.4, -0.2) is 39.2 Å². The summed E-state index contributed by atoms with van der Waals surface area (Å²) >= 11 is 0. The lowest BCUT2D eigenvalue weighted by molar-refractivity contribution is 0.0953. The number of imidazole rings is 1. The molecule has 0 aliphatic rings. The van der Waals surface area contributed by atoms with Crippen LogP contribution >= 0.6 is 0 Å². The number of carbonyl (C=O) groups excluding carboxylic acids is 1. The Morgan fingerprint density at radius 2 is 2.04 bits per heavy atom. The Morgan fingerprint density at radius 1 is 1.15 bits per heavy atom. The van der Waals surface area contributed by atoms with Crippen molar-refractivity contribution in [1.29, 1.82) is 0 Å². The van der Waals surface area contributed by atoms with Gasteiger partial charge in [-0.3, -0.25) is 9.89 Å². The second-order valence-corrected chi connectivity index (χ2v) is 6.33. The summed E-state index contributed by atoms with van der Waals surface area (Å²) in [5, 5.41) is 10.9. The van der Waals surface area contributed by atoms with Crippen LogP contribution in [0, 0.1) is 5.82 Å². The molecule has 0 aliphatic heterocycles. The van der Waals surface area contributed by atoms with Crippen LogP contribution in [0.15, 0.2) is 36.4 Å². The minimum absolute atomic E-state index is 0.146. The number of aromatic amines is 2. The molecule has 2 heterocycles. The maximum Gasteiger partial charge on any atom is 0.251 e. The number of amides is 1. The van der Waals surface area contributed by atoms with Crippen LogP contribution in [-0.2, 0) is 0 Å². The number of aromatic nitrogens is 4. The molecular formula is C19H19FN6O. The fourth-order valence-electron chi connectivity index (χ4n) is 3.00. The molecule has 138 valence electrons. The third-order valence-electron chi connectivity index (χ3n) is 4.41. The van der Waals surface area contributed by atoms with Crippen LogP contribution in [0.25, 0.3) is 33.5 Å². The highest BCUT2D eigenvalue weighted by Gasteiger charge is 2.15. The molecule has 8 heteroatoms. The highest BCUT2D eigenvalue weighted by molar-refractivity contribution is 6.01. The lowest BCUT2D eigenvalue weighted by Gasteiger charge is -2.05. The fraction of sp³-hybridized carbons (Fsp3) is 0.211. The van der Waals surface area contributed by atoms with Crippen molar-refractivity contribution in [2.75, 3.05) is 13.1 Å². The first-order chi connectivity index (χ1) is 13.2. The second-order valence-electron chi connectivity index (χ2n) is 6.33. The number of nitrogens with one attached hydrogen (secondary N) is 3. The minimum atomic E-state index is -0.335. The molecule has 1 amide bonds. The molecule has 0 atom stereocenters. The first-order valence-electron chi connectivity index (χ1n) is 8.78. The van der Waals surface area contributed by atoms with Gasteiger partial charge in [-0.2, -0.15) is 5.10 Å². The van der Waals surface area contributed by atoms with Crippen molar-refractivity contribution in [3.8, 4) is 11.5 Å². The van der Waals surface area contributed by atoms with E-state index in [-0.39, 0.29) is 11.7 Å². The van der Waals surface area contributed by atoms with Gasteiger partial charge in [0.1, 0.15) is 11.5 Å². The lowest BCUT2D eigenvalue weighted by atomic mass is 10.1. The summed E-state index contributed by atoms with van der Waals surface area (Å²) in [6.45, 7) is 1.20. The van der Waals surface area contributed by atoms with Gasteiger partial charge in [-0.15, -0.1) is 0 Å². The molecule has 0 unspecified atom stereocenters. The molecule has 0 bridgehead atoms. The van der Waals surface area contributed by atoms with Gasteiger partial charge in [0, 0.05) is 17.5 Å². The van der Waals surface area contributed by atoms with Crippen molar-refractivity contribution in [3.63, 3.8) is 0 Å². The lowest BCUT2D eigenvalue weighted by Crippen LogP contribution is -2.24. The quantitative estimate of drug-likeness (QED) is 0.393. The van der Waals surface area contributed by atoms with Crippen LogP contribution in [0.3, 0.4) is 0 Å². The summed E-state index contributed by atoms with van der Waals surface area (Å²) in [5.41, 5.74) is 8.62. The number of benzene rings is 2. The van der Waals surface area contributed by atoms with Crippen molar-refractivity contribution >= 4 is 27.8 Å². The number of carbonyl (C=O) groups is 1. The molecule has 0 fully saturated rings. The van der Waals surface area contributed by atoms with Gasteiger partial charge in [-0.25, -0.2) is 9.37 Å². The number of unbranched alkanes of at least 4 members (excludes halogenated alkanes) is 1. The van der Waals surface area contributed by atoms with Gasteiger partial charge in [0.25, 0.3) is 5.91 Å². The zero-order chi connectivity index (χ0) is 18.8. The van der Waals surface area contributed by atoms with Crippen molar-refractivity contribution < 1.29 is 9.18 Å². The van der Waals surface area contributed by atoms with E-state index in [0.717, 1.165) is 23.7 Å². The average molecular weight is 366 g/mol. The van der Waals surface area contributed by atoms with Crippen molar-refractivity contribution in [2.24, 2.45) is 5.73 Å². The normalized spacial score (nSPS) is 11.3. The molecule has 0 saturated heterocycles. The van der Waals surface area contributed by atoms with Gasteiger partial charge in [0.05, 0.1) is 16.6 Å². The topological polar surface area (TPSA) is 112 Å². The molecule has 2 aromatic heterocycles. The molecule has 0 spiro atoms. The highest BCUT2D eigenvalue weighted by Crippen LogP contribution is 2.27. The summed E-state index contributed by atoms with van der Waals surface area (Å²) in [5.74, 6) is 0.0354. The monoisotopic (exact) mass is 366 g/mol. The largest absolute Gasteiger partial charge is 0.352 e. The van der Waals surface area contributed by atoms with Crippen molar-refractivity contribution in [1.82, 2.24) is 25.5 Å². The van der Waals surface area contributed by atoms with E-state index >= 15 is 0 Å². The summed E-state index contributed by atoms with van der Waals surface area (Å²) in [4.78, 5) is 19.9. The first kappa shape index (κ1) is 17.2. The van der Waals surface area contributed by atoms with Gasteiger partial charge in [0.2, 0.25) is 0 Å². The van der Waals surface area contributed by atoms with Gasteiger partial charge >= 0.3 is 0 Å². The smallest absolute Gasteiger partial charge is 0.251 e. The van der Waals surface area contributed by atoms with Gasteiger partial charge in [-0.1, -0.05) is 0 Å². The van der Waals surface area contributed by atoms with Crippen LogP contribution < -0.4 is 11.1 Å². The maximum atomic E-state index is 13.4. The predicted molar refractivity (Wildman–Crippen MR) is 102 cm³/mol. The Morgan fingerprint density at radius 3 is 2.89 bits per heavy atom. The molecule has 0 aliphatic carbocycles. The third-order valence-corrected chi connectivity index (χ3v) is 4.41. The van der Waals surface area contributed by atoms with E-state index in [1.165, 1.54) is 12.1 Å². The SMILES string of the molecule is NCCCCNC(=O)c1ccc2[nH]nc(-c3nc4ccc(F)cc4[nH]3)c2c1. The van der Waals surface area contributed by atoms with Crippen molar-refractivity contribution in [2.45, 2.75) is 12.8 Å². The third kappa shape index (κ3) is 3.39. The van der Waals surface area contributed by atoms with E-state index in [9.17, 15) is 9.18 Å². The van der Waals surface area contributed by atoms with E-state index in [1.807, 2.05) is 6.07 Å². The maximum absolute atomic E-state index is 13.4. The number of nitrogens with two attached hydrogens (primary N) is 1. The highest BCUT2D eigenvalue weighted by atomic mass is 19.1. The van der Waals surface area contributed by atoms with E-state index in [4.69, 9.17) is 5.73 Å². The molecule has 0 radical (unpaired) electrons. The van der Waals surface area contributed by atoms with E-state index < -0.39 is 0 Å². The Kier molecular flexibility index (Phi) is 4.55. The van der Waals surface area contributed by atoms with Gasteiger partial charge < -0.3 is 16.0 Å². The first-order valence-corrected chi connectivity index (χ1v) is 8.78. The molecule has 2 aromatic carbocycles. The van der Waals surface area contributed by atoms with Crippen LogP contribution in [0.1, 0.15) is 23.2 Å². The number of nitrogens with zero attached hydrogens (tertiary/aromatic N) is 2. The molecule has 4 aromatic rings. The molecule has 7 nitrogen and oxygen atoms in total. The molecule has 4 rings (SSSR count). The zero-order valence-corrected chi connectivity index (χ0v) is 14.6. The van der Waals surface area contributed by atoms with Crippen molar-refractivity contribution in [3.05, 3.63) is 47.8 Å². The van der Waals surface area contributed by atoms with Crippen LogP contribution in [0.4, 0.5) is 4.39 Å². The standard InChI is InChI=1S/C19H19FN6O/c20-12-4-6-15-16(10-12)24-18(23-15)17-13-9-11(3-5-14(13)25-26-17)19(27)22-8-2-1-7-21/h3-6,9-10H,1-2,7-8,21H2,(H,22,27)(H,23,24)(H,25,26). The number of hydrogen-bond donors (Lipinski definition) is 4. The van der Waals surface area contributed by atoms with E-state index in [2.05, 4.69) is 25.5 Å². The number of H-pyrrole nitrogens is 2. The Hall–Kier alpha value is -3.26. The average Bonchev–Trinajstić information content (AvgIpc) is 3.27. The molecule has 5 N–H and O–H groups in total. The Bertz CT molecular complexity index is 1120. The van der Waals surface area contributed by atoms with Gasteiger partial charge in [-0.05, 0) is 55.8 Å². The number of hydrogen-bond acceptors (Lipinski definition) is 4. The molecule has 0 saturated carbocycles. The number of fused-ring (bicyclic) bond motifs is 2. The second kappa shape index (κ2) is 7.16. The Labute approximate surface area is 154 Å². The van der Waals surface area contributed by atoms with Crippen LogP contribution in [0.2, 0.25) is 0 Å².